The van der Waals surface area contributed by atoms with Crippen LogP contribution in [0.3, 0.4) is 0 Å². The minimum Gasteiger partial charge on any atom is -0.466 e. The fourth-order valence-corrected chi connectivity index (χ4v) is 5.49. The number of allylic oxidation sites excluding steroid dienone is 1. The van der Waals surface area contributed by atoms with Gasteiger partial charge in [0.2, 0.25) is 0 Å². The average Bonchev–Trinajstić information content (AvgIpc) is 2.99. The number of nitrogens with one attached hydrogen (secondary N) is 1. The van der Waals surface area contributed by atoms with Gasteiger partial charge in [0, 0.05) is 5.70 Å². The summed E-state index contributed by atoms with van der Waals surface area (Å²) in [6, 6.07) is 1.76. The van der Waals surface area contributed by atoms with Gasteiger partial charge in [-0.3, -0.25) is 4.90 Å². The number of urea groups is 1. The lowest BCUT2D eigenvalue weighted by Crippen LogP contribution is -2.52. The number of nitrogens with zero attached hydrogens (tertiary/aromatic N) is 1. The Labute approximate surface area is 165 Å². The number of carbonyl (C=O) groups excluding carboxylic acids is 2. The molecule has 2 aliphatic heterocycles. The van der Waals surface area contributed by atoms with Crippen LogP contribution in [-0.2, 0) is 25.5 Å². The first-order valence-corrected chi connectivity index (χ1v) is 10.5. The standard InChI is InChI=1S/C18H19F3N2O5S/c1-10-14(16(24)28-2)15(12-5-3-4-6-13(12)18(19,20)21)22-17(25)23(10)11-7-8-29(26,27)9-11/h3-6,11,15H,7-9H2,1-2H3,(H,22,25)/t11-,15-/m0/s1. The van der Waals surface area contributed by atoms with Crippen LogP contribution in [-0.4, -0.2) is 50.0 Å². The maximum absolute atomic E-state index is 13.5. The van der Waals surface area contributed by atoms with Gasteiger partial charge < -0.3 is 10.1 Å². The van der Waals surface area contributed by atoms with E-state index in [0.717, 1.165) is 18.1 Å². The summed E-state index contributed by atoms with van der Waals surface area (Å²) < 4.78 is 68.9. The van der Waals surface area contributed by atoms with Crippen LogP contribution in [0.4, 0.5) is 18.0 Å². The third-order valence-corrected chi connectivity index (χ3v) is 6.83. The molecule has 1 fully saturated rings. The van der Waals surface area contributed by atoms with Crippen molar-refractivity contribution < 1.29 is 35.9 Å². The Kier molecular flexibility index (Phi) is 5.37. The number of halogens is 3. The molecular formula is C18H19F3N2O5S. The van der Waals surface area contributed by atoms with Crippen LogP contribution in [0, 0.1) is 0 Å². The van der Waals surface area contributed by atoms with E-state index in [1.165, 1.54) is 25.1 Å². The molecule has 0 saturated carbocycles. The summed E-state index contributed by atoms with van der Waals surface area (Å²) in [6.07, 6.45) is -4.53. The normalized spacial score (nSPS) is 24.4. The number of esters is 1. The minimum atomic E-state index is -4.70. The van der Waals surface area contributed by atoms with Crippen LogP contribution in [0.15, 0.2) is 35.5 Å². The van der Waals surface area contributed by atoms with E-state index in [9.17, 15) is 31.2 Å². The Morgan fingerprint density at radius 1 is 1.28 bits per heavy atom. The van der Waals surface area contributed by atoms with E-state index < -0.39 is 45.7 Å². The fourth-order valence-electron chi connectivity index (χ4n) is 3.79. The highest BCUT2D eigenvalue weighted by atomic mass is 32.2. The molecule has 0 unspecified atom stereocenters. The van der Waals surface area contributed by atoms with Gasteiger partial charge in [-0.25, -0.2) is 18.0 Å². The lowest BCUT2D eigenvalue weighted by atomic mass is 9.90. The van der Waals surface area contributed by atoms with Gasteiger partial charge in [-0.1, -0.05) is 18.2 Å². The second kappa shape index (κ2) is 7.36. The van der Waals surface area contributed by atoms with E-state index in [2.05, 4.69) is 5.32 Å². The molecule has 0 aliphatic carbocycles. The third kappa shape index (κ3) is 3.96. The number of benzene rings is 1. The summed E-state index contributed by atoms with van der Waals surface area (Å²) in [5, 5.41) is 2.43. The van der Waals surface area contributed by atoms with Gasteiger partial charge in [0.25, 0.3) is 0 Å². The number of carbonyl (C=O) groups is 2. The SMILES string of the molecule is COC(=O)C1=C(C)N([C@H]2CCS(=O)(=O)C2)C(=O)N[C@H]1c1ccccc1C(F)(F)F. The maximum Gasteiger partial charge on any atom is 0.416 e. The molecule has 2 aliphatic rings. The van der Waals surface area contributed by atoms with Crippen molar-refractivity contribution in [2.24, 2.45) is 0 Å². The van der Waals surface area contributed by atoms with Gasteiger partial charge >= 0.3 is 18.2 Å². The number of alkyl halides is 3. The molecule has 1 N–H and O–H groups in total. The first-order valence-electron chi connectivity index (χ1n) is 8.71. The molecule has 0 bridgehead atoms. The van der Waals surface area contributed by atoms with Crippen molar-refractivity contribution in [2.75, 3.05) is 18.6 Å². The van der Waals surface area contributed by atoms with Crippen LogP contribution < -0.4 is 5.32 Å². The summed E-state index contributed by atoms with van der Waals surface area (Å²) in [6.45, 7) is 1.40. The number of hydrogen-bond acceptors (Lipinski definition) is 5. The number of rotatable bonds is 3. The molecule has 3 rings (SSSR count). The Bertz CT molecular complexity index is 987. The van der Waals surface area contributed by atoms with Crippen LogP contribution in [0.5, 0.6) is 0 Å². The van der Waals surface area contributed by atoms with Crippen LogP contribution in [0.25, 0.3) is 0 Å². The van der Waals surface area contributed by atoms with Crippen molar-refractivity contribution in [3.63, 3.8) is 0 Å². The lowest BCUT2D eigenvalue weighted by Gasteiger charge is -2.38. The molecule has 11 heteroatoms. The number of ether oxygens (including phenoxy) is 1. The molecule has 0 aromatic heterocycles. The zero-order valence-electron chi connectivity index (χ0n) is 15.6. The smallest absolute Gasteiger partial charge is 0.416 e. The van der Waals surface area contributed by atoms with Crippen molar-refractivity contribution in [1.29, 1.82) is 0 Å². The molecule has 0 spiro atoms. The highest BCUT2D eigenvalue weighted by Crippen LogP contribution is 2.40. The van der Waals surface area contributed by atoms with E-state index in [1.807, 2.05) is 0 Å². The van der Waals surface area contributed by atoms with Gasteiger partial charge in [-0.05, 0) is 25.0 Å². The van der Waals surface area contributed by atoms with Crippen LogP contribution >= 0.6 is 0 Å². The predicted molar refractivity (Wildman–Crippen MR) is 96.3 cm³/mol. The second-order valence-electron chi connectivity index (χ2n) is 6.89. The Morgan fingerprint density at radius 3 is 2.48 bits per heavy atom. The third-order valence-electron chi connectivity index (χ3n) is 5.08. The second-order valence-corrected chi connectivity index (χ2v) is 9.11. The molecular weight excluding hydrogens is 413 g/mol. The van der Waals surface area contributed by atoms with Crippen LogP contribution in [0.2, 0.25) is 0 Å². The van der Waals surface area contributed by atoms with Gasteiger partial charge in [0.05, 0.1) is 41.8 Å². The highest BCUT2D eigenvalue weighted by Gasteiger charge is 2.45. The van der Waals surface area contributed by atoms with Gasteiger partial charge in [-0.2, -0.15) is 13.2 Å². The summed E-state index contributed by atoms with van der Waals surface area (Å²) in [5.74, 6) is -1.30. The Hall–Kier alpha value is -2.56. The fraction of sp³-hybridized carbons (Fsp3) is 0.444. The van der Waals surface area contributed by atoms with Crippen molar-refractivity contribution in [2.45, 2.75) is 31.6 Å². The van der Waals surface area contributed by atoms with E-state index in [4.69, 9.17) is 4.74 Å². The van der Waals surface area contributed by atoms with Crippen molar-refractivity contribution in [3.8, 4) is 0 Å². The molecule has 1 aromatic carbocycles. The summed E-state index contributed by atoms with van der Waals surface area (Å²) in [7, 11) is -2.26. The summed E-state index contributed by atoms with van der Waals surface area (Å²) in [4.78, 5) is 26.3. The van der Waals surface area contributed by atoms with Crippen molar-refractivity contribution in [1.82, 2.24) is 10.2 Å². The number of methoxy groups -OCH3 is 1. The Morgan fingerprint density at radius 2 is 1.93 bits per heavy atom. The van der Waals surface area contributed by atoms with Crippen molar-refractivity contribution in [3.05, 3.63) is 46.7 Å². The van der Waals surface area contributed by atoms with Crippen LogP contribution in [0.1, 0.15) is 30.5 Å². The van der Waals surface area contributed by atoms with E-state index in [0.29, 0.717) is 0 Å². The highest BCUT2D eigenvalue weighted by molar-refractivity contribution is 7.91. The van der Waals surface area contributed by atoms with E-state index in [-0.39, 0.29) is 34.8 Å². The van der Waals surface area contributed by atoms with E-state index in [1.54, 1.807) is 0 Å². The lowest BCUT2D eigenvalue weighted by molar-refractivity contribution is -0.140. The topological polar surface area (TPSA) is 92.8 Å². The molecule has 29 heavy (non-hydrogen) atoms. The average molecular weight is 432 g/mol. The zero-order chi connectivity index (χ0) is 21.6. The Balaban J connectivity index is 2.14. The predicted octanol–water partition coefficient (Wildman–Crippen LogP) is 2.41. The molecule has 1 saturated heterocycles. The molecule has 0 radical (unpaired) electrons. The van der Waals surface area contributed by atoms with Gasteiger partial charge in [0.15, 0.2) is 9.84 Å². The van der Waals surface area contributed by atoms with Crippen molar-refractivity contribution >= 4 is 21.8 Å². The summed E-state index contributed by atoms with van der Waals surface area (Å²) in [5.41, 5.74) is -1.39. The summed E-state index contributed by atoms with van der Waals surface area (Å²) >= 11 is 0. The molecule has 2 heterocycles. The van der Waals surface area contributed by atoms with E-state index >= 15 is 0 Å². The molecule has 1 aromatic rings. The zero-order valence-corrected chi connectivity index (χ0v) is 16.4. The first-order chi connectivity index (χ1) is 13.5. The molecule has 2 atom stereocenters. The van der Waals surface area contributed by atoms with Gasteiger partial charge in [-0.15, -0.1) is 0 Å². The molecule has 158 valence electrons. The number of hydrogen-bond donors (Lipinski definition) is 1. The largest absolute Gasteiger partial charge is 0.466 e. The monoisotopic (exact) mass is 432 g/mol. The first kappa shape index (κ1) is 21.2. The number of amides is 2. The minimum absolute atomic E-state index is 0.0738. The molecule has 7 nitrogen and oxygen atoms in total. The number of sulfone groups is 1. The maximum atomic E-state index is 13.5. The quantitative estimate of drug-likeness (QED) is 0.741. The van der Waals surface area contributed by atoms with Gasteiger partial charge in [0.1, 0.15) is 0 Å². The molecule has 2 amide bonds.